The number of methoxy groups -OCH3 is 1. The Labute approximate surface area is 164 Å². The summed E-state index contributed by atoms with van der Waals surface area (Å²) in [6, 6.07) is 13.5. The van der Waals surface area contributed by atoms with Crippen molar-refractivity contribution in [2.45, 2.75) is 4.90 Å². The standard InChI is InChI=1S/C19H23N3O5S/c1-26-18-5-3-2-4-17(18)21-19(23)14-20-15-6-8-16(9-7-15)28(24,25)22-10-12-27-13-11-22/h2-9,20H,10-14H2,1H3,(H,21,23). The first-order valence-corrected chi connectivity index (χ1v) is 10.3. The summed E-state index contributed by atoms with van der Waals surface area (Å²) in [7, 11) is -1.99. The minimum atomic E-state index is -3.53. The molecule has 3 rings (SSSR count). The van der Waals surface area contributed by atoms with E-state index in [1.165, 1.54) is 23.5 Å². The van der Waals surface area contributed by atoms with Crippen LogP contribution in [0.25, 0.3) is 0 Å². The summed E-state index contributed by atoms with van der Waals surface area (Å²) >= 11 is 0. The van der Waals surface area contributed by atoms with Gasteiger partial charge >= 0.3 is 0 Å². The lowest BCUT2D eigenvalue weighted by molar-refractivity contribution is -0.114. The fourth-order valence-electron chi connectivity index (χ4n) is 2.81. The molecule has 2 aromatic rings. The number of anilines is 2. The van der Waals surface area contributed by atoms with Gasteiger partial charge in [0.05, 0.1) is 37.5 Å². The van der Waals surface area contributed by atoms with Crippen LogP contribution in [0, 0.1) is 0 Å². The van der Waals surface area contributed by atoms with Crippen molar-refractivity contribution in [1.82, 2.24) is 4.31 Å². The van der Waals surface area contributed by atoms with Gasteiger partial charge in [-0.2, -0.15) is 4.31 Å². The highest BCUT2D eigenvalue weighted by Gasteiger charge is 2.26. The molecule has 1 aliphatic rings. The summed E-state index contributed by atoms with van der Waals surface area (Å²) in [5.74, 6) is 0.336. The van der Waals surface area contributed by atoms with Crippen LogP contribution in [0.1, 0.15) is 0 Å². The van der Waals surface area contributed by atoms with E-state index < -0.39 is 10.0 Å². The van der Waals surface area contributed by atoms with E-state index >= 15 is 0 Å². The number of hydrogen-bond acceptors (Lipinski definition) is 6. The number of rotatable bonds is 7. The number of nitrogens with one attached hydrogen (secondary N) is 2. The average Bonchev–Trinajstić information content (AvgIpc) is 2.73. The summed E-state index contributed by atoms with van der Waals surface area (Å²) in [5.41, 5.74) is 1.24. The van der Waals surface area contributed by atoms with Crippen LogP contribution < -0.4 is 15.4 Å². The van der Waals surface area contributed by atoms with E-state index in [4.69, 9.17) is 9.47 Å². The Morgan fingerprint density at radius 3 is 2.46 bits per heavy atom. The van der Waals surface area contributed by atoms with Crippen LogP contribution in [-0.4, -0.2) is 58.6 Å². The highest BCUT2D eigenvalue weighted by atomic mass is 32.2. The highest BCUT2D eigenvalue weighted by molar-refractivity contribution is 7.89. The molecule has 2 aromatic carbocycles. The van der Waals surface area contributed by atoms with Crippen LogP contribution in [-0.2, 0) is 19.6 Å². The van der Waals surface area contributed by atoms with Gasteiger partial charge in [-0.15, -0.1) is 0 Å². The largest absolute Gasteiger partial charge is 0.495 e. The summed E-state index contributed by atoms with van der Waals surface area (Å²) in [6.45, 7) is 1.55. The summed E-state index contributed by atoms with van der Waals surface area (Å²) < 4.78 is 37.0. The Balaban J connectivity index is 1.57. The van der Waals surface area contributed by atoms with Crippen LogP contribution in [0.4, 0.5) is 11.4 Å². The van der Waals surface area contributed by atoms with Gasteiger partial charge in [-0.25, -0.2) is 8.42 Å². The van der Waals surface area contributed by atoms with Crippen LogP contribution >= 0.6 is 0 Å². The minimum absolute atomic E-state index is 0.0353. The molecule has 0 saturated carbocycles. The summed E-state index contributed by atoms with van der Waals surface area (Å²) in [6.07, 6.45) is 0. The lowest BCUT2D eigenvalue weighted by Crippen LogP contribution is -2.40. The lowest BCUT2D eigenvalue weighted by Gasteiger charge is -2.26. The van der Waals surface area contributed by atoms with Gasteiger partial charge in [-0.1, -0.05) is 12.1 Å². The van der Waals surface area contributed by atoms with Crippen LogP contribution in [0.2, 0.25) is 0 Å². The first-order valence-electron chi connectivity index (χ1n) is 8.85. The Kier molecular flexibility index (Phi) is 6.50. The van der Waals surface area contributed by atoms with E-state index in [0.29, 0.717) is 43.4 Å². The SMILES string of the molecule is COc1ccccc1NC(=O)CNc1ccc(S(=O)(=O)N2CCOCC2)cc1. The number of amides is 1. The van der Waals surface area contributed by atoms with Gasteiger partial charge in [0.15, 0.2) is 0 Å². The third-order valence-corrected chi connectivity index (χ3v) is 6.21. The Morgan fingerprint density at radius 1 is 1.11 bits per heavy atom. The zero-order chi connectivity index (χ0) is 20.0. The van der Waals surface area contributed by atoms with Crippen molar-refractivity contribution in [1.29, 1.82) is 0 Å². The van der Waals surface area contributed by atoms with Crippen molar-refractivity contribution in [2.24, 2.45) is 0 Å². The molecule has 0 radical (unpaired) electrons. The topological polar surface area (TPSA) is 97.0 Å². The Bertz CT molecular complexity index is 909. The first-order chi connectivity index (χ1) is 13.5. The molecule has 1 saturated heterocycles. The normalized spacial score (nSPS) is 15.0. The molecule has 1 heterocycles. The summed E-state index contributed by atoms with van der Waals surface area (Å²) in [5, 5.41) is 5.75. The number of para-hydroxylation sites is 2. The zero-order valence-electron chi connectivity index (χ0n) is 15.6. The van der Waals surface area contributed by atoms with Crippen LogP contribution in [0.15, 0.2) is 53.4 Å². The molecule has 8 nitrogen and oxygen atoms in total. The van der Waals surface area contributed by atoms with E-state index in [1.54, 1.807) is 30.3 Å². The number of benzene rings is 2. The van der Waals surface area contributed by atoms with Crippen LogP contribution in [0.3, 0.4) is 0 Å². The molecule has 1 aliphatic heterocycles. The van der Waals surface area contributed by atoms with Crippen molar-refractivity contribution in [2.75, 3.05) is 50.6 Å². The number of hydrogen-bond donors (Lipinski definition) is 2. The second-order valence-corrected chi connectivity index (χ2v) is 8.08. The van der Waals surface area contributed by atoms with Gasteiger partial charge < -0.3 is 20.1 Å². The van der Waals surface area contributed by atoms with Crippen molar-refractivity contribution in [3.63, 3.8) is 0 Å². The van der Waals surface area contributed by atoms with E-state index in [2.05, 4.69) is 10.6 Å². The molecule has 0 aromatic heterocycles. The minimum Gasteiger partial charge on any atom is -0.495 e. The zero-order valence-corrected chi connectivity index (χ0v) is 16.4. The van der Waals surface area contributed by atoms with E-state index in [-0.39, 0.29) is 17.3 Å². The fraction of sp³-hybridized carbons (Fsp3) is 0.316. The smallest absolute Gasteiger partial charge is 0.243 e. The second kappa shape index (κ2) is 9.05. The number of morpholine rings is 1. The van der Waals surface area contributed by atoms with E-state index in [9.17, 15) is 13.2 Å². The third-order valence-electron chi connectivity index (χ3n) is 4.30. The maximum atomic E-state index is 12.6. The molecular weight excluding hydrogens is 382 g/mol. The Hall–Kier alpha value is -2.62. The second-order valence-electron chi connectivity index (χ2n) is 6.14. The molecule has 1 fully saturated rings. The van der Waals surface area contributed by atoms with Crippen molar-refractivity contribution < 1.29 is 22.7 Å². The van der Waals surface area contributed by atoms with Crippen molar-refractivity contribution >= 4 is 27.3 Å². The Morgan fingerprint density at radius 2 is 1.79 bits per heavy atom. The molecule has 150 valence electrons. The number of ether oxygens (including phenoxy) is 2. The van der Waals surface area contributed by atoms with Crippen LogP contribution in [0.5, 0.6) is 5.75 Å². The van der Waals surface area contributed by atoms with E-state index in [0.717, 1.165) is 0 Å². The molecule has 0 bridgehead atoms. The first kappa shape index (κ1) is 20.1. The molecule has 0 atom stereocenters. The molecule has 28 heavy (non-hydrogen) atoms. The number of nitrogens with zero attached hydrogens (tertiary/aromatic N) is 1. The highest BCUT2D eigenvalue weighted by Crippen LogP contribution is 2.23. The van der Waals surface area contributed by atoms with Crippen molar-refractivity contribution in [3.8, 4) is 5.75 Å². The van der Waals surface area contributed by atoms with Gasteiger partial charge in [0.25, 0.3) is 0 Å². The van der Waals surface area contributed by atoms with Gasteiger partial charge in [0, 0.05) is 18.8 Å². The van der Waals surface area contributed by atoms with Gasteiger partial charge in [0.2, 0.25) is 15.9 Å². The van der Waals surface area contributed by atoms with Gasteiger partial charge in [-0.05, 0) is 36.4 Å². The molecule has 0 unspecified atom stereocenters. The predicted octanol–water partition coefficient (Wildman–Crippen LogP) is 1.77. The lowest BCUT2D eigenvalue weighted by atomic mass is 10.3. The molecule has 0 spiro atoms. The predicted molar refractivity (Wildman–Crippen MR) is 106 cm³/mol. The maximum Gasteiger partial charge on any atom is 0.243 e. The molecule has 0 aliphatic carbocycles. The van der Waals surface area contributed by atoms with Gasteiger partial charge in [-0.3, -0.25) is 4.79 Å². The monoisotopic (exact) mass is 405 g/mol. The molecule has 1 amide bonds. The third kappa shape index (κ3) is 4.80. The summed E-state index contributed by atoms with van der Waals surface area (Å²) in [4.78, 5) is 12.4. The number of carbonyl (C=O) groups excluding carboxylic acids is 1. The van der Waals surface area contributed by atoms with Crippen molar-refractivity contribution in [3.05, 3.63) is 48.5 Å². The number of sulfonamides is 1. The van der Waals surface area contributed by atoms with Gasteiger partial charge in [0.1, 0.15) is 5.75 Å². The molecular formula is C19H23N3O5S. The fourth-order valence-corrected chi connectivity index (χ4v) is 4.21. The average molecular weight is 405 g/mol. The molecule has 2 N–H and O–H groups in total. The van der Waals surface area contributed by atoms with E-state index in [1.807, 2.05) is 6.07 Å². The quantitative estimate of drug-likeness (QED) is 0.729. The molecule has 9 heteroatoms. The maximum absolute atomic E-state index is 12.6. The number of carbonyl (C=O) groups is 1.